The van der Waals surface area contributed by atoms with Gasteiger partial charge in [-0.15, -0.1) is 0 Å². The van der Waals surface area contributed by atoms with Crippen molar-refractivity contribution in [1.29, 1.82) is 0 Å². The minimum absolute atomic E-state index is 0.547. The minimum Gasteiger partial charge on any atom is -0.486 e. The largest absolute Gasteiger partial charge is 0.486 e. The summed E-state index contributed by atoms with van der Waals surface area (Å²) < 4.78 is 11.3. The van der Waals surface area contributed by atoms with Crippen LogP contribution in [0.1, 0.15) is 0 Å². The number of nitrogens with one attached hydrogen (secondary N) is 1. The smallest absolute Gasteiger partial charge is 0.172 e. The topological polar surface area (TPSA) is 47.1 Å². The number of benzene rings is 2. The van der Waals surface area contributed by atoms with Crippen LogP contribution in [0.15, 0.2) is 36.4 Å². The zero-order chi connectivity index (χ0) is 13.5. The summed E-state index contributed by atoms with van der Waals surface area (Å²) in [7, 11) is 0. The van der Waals surface area contributed by atoms with Crippen molar-refractivity contribution in [2.45, 2.75) is 0 Å². The predicted octanol–water partition coefficient (Wildman–Crippen LogP) is 3.65. The molecule has 0 saturated heterocycles. The number of rotatable bonds is 1. The van der Waals surface area contributed by atoms with Gasteiger partial charge in [-0.05, 0) is 24.3 Å². The second-order valence-electron chi connectivity index (χ2n) is 4.55. The fourth-order valence-corrected chi connectivity index (χ4v) is 2.60. The molecule has 1 N–H and O–H groups in total. The maximum atomic E-state index is 6.16. The van der Waals surface area contributed by atoms with Gasteiger partial charge in [-0.25, -0.2) is 4.98 Å². The van der Waals surface area contributed by atoms with Gasteiger partial charge in [0.1, 0.15) is 24.6 Å². The zero-order valence-corrected chi connectivity index (χ0v) is 11.3. The van der Waals surface area contributed by atoms with Gasteiger partial charge < -0.3 is 14.5 Å². The second kappa shape index (κ2) is 4.42. The Labute approximate surface area is 120 Å². The Kier molecular flexibility index (Phi) is 2.57. The van der Waals surface area contributed by atoms with Crippen molar-refractivity contribution < 1.29 is 9.47 Å². The van der Waals surface area contributed by atoms with Gasteiger partial charge in [-0.2, -0.15) is 0 Å². The lowest BCUT2D eigenvalue weighted by Crippen LogP contribution is -2.15. The molecule has 0 saturated carbocycles. The summed E-state index contributed by atoms with van der Waals surface area (Å²) >= 11 is 6.16. The quantitative estimate of drug-likeness (QED) is 0.743. The summed E-state index contributed by atoms with van der Waals surface area (Å²) in [5, 5.41) is 0.631. The van der Waals surface area contributed by atoms with Crippen LogP contribution in [0.4, 0.5) is 0 Å². The van der Waals surface area contributed by atoms with Crippen LogP contribution in [0.25, 0.3) is 22.4 Å². The molecule has 5 heteroatoms. The molecule has 4 rings (SSSR count). The molecule has 0 spiro atoms. The molecular formula is C15H11ClN2O2. The lowest BCUT2D eigenvalue weighted by atomic mass is 10.1. The molecule has 0 amide bonds. The summed E-state index contributed by atoms with van der Waals surface area (Å²) in [6.07, 6.45) is 0. The van der Waals surface area contributed by atoms with Crippen molar-refractivity contribution in [3.8, 4) is 22.9 Å². The number of aromatic nitrogens is 2. The molecule has 2 aromatic carbocycles. The third-order valence-corrected chi connectivity index (χ3v) is 3.59. The monoisotopic (exact) mass is 286 g/mol. The molecule has 0 bridgehead atoms. The van der Waals surface area contributed by atoms with Gasteiger partial charge in [0.15, 0.2) is 11.5 Å². The number of fused-ring (bicyclic) bond motifs is 2. The highest BCUT2D eigenvalue weighted by molar-refractivity contribution is 6.35. The van der Waals surface area contributed by atoms with E-state index < -0.39 is 0 Å². The first-order valence-electron chi connectivity index (χ1n) is 6.36. The Morgan fingerprint density at radius 1 is 1.05 bits per heavy atom. The summed E-state index contributed by atoms with van der Waals surface area (Å²) in [5.74, 6) is 2.21. The molecule has 4 nitrogen and oxygen atoms in total. The van der Waals surface area contributed by atoms with E-state index in [1.54, 1.807) is 0 Å². The molecule has 0 atom stereocenters. The molecule has 1 aromatic heterocycles. The van der Waals surface area contributed by atoms with Gasteiger partial charge in [0, 0.05) is 0 Å². The van der Waals surface area contributed by atoms with Crippen LogP contribution in [0.2, 0.25) is 5.02 Å². The first-order chi connectivity index (χ1) is 9.83. The number of nitrogens with zero attached hydrogens (tertiary/aromatic N) is 1. The third kappa shape index (κ3) is 1.72. The van der Waals surface area contributed by atoms with Gasteiger partial charge in [-0.3, -0.25) is 0 Å². The van der Waals surface area contributed by atoms with Gasteiger partial charge in [-0.1, -0.05) is 23.7 Å². The molecule has 0 unspecified atom stereocenters. The van der Waals surface area contributed by atoms with E-state index >= 15 is 0 Å². The number of aromatic amines is 1. The van der Waals surface area contributed by atoms with Gasteiger partial charge >= 0.3 is 0 Å². The van der Waals surface area contributed by atoms with E-state index in [-0.39, 0.29) is 0 Å². The van der Waals surface area contributed by atoms with Crippen LogP contribution < -0.4 is 9.47 Å². The van der Waals surface area contributed by atoms with E-state index in [4.69, 9.17) is 21.1 Å². The Bertz CT molecular complexity index is 798. The van der Waals surface area contributed by atoms with Gasteiger partial charge in [0.2, 0.25) is 0 Å². The first kappa shape index (κ1) is 11.6. The van der Waals surface area contributed by atoms with Crippen LogP contribution in [-0.4, -0.2) is 23.2 Å². The molecule has 20 heavy (non-hydrogen) atoms. The van der Waals surface area contributed by atoms with Crippen LogP contribution in [0.3, 0.4) is 0 Å². The highest BCUT2D eigenvalue weighted by Crippen LogP contribution is 2.39. The highest BCUT2D eigenvalue weighted by Gasteiger charge is 2.19. The first-order valence-corrected chi connectivity index (χ1v) is 6.74. The summed E-state index contributed by atoms with van der Waals surface area (Å²) in [4.78, 5) is 7.84. The summed E-state index contributed by atoms with van der Waals surface area (Å²) in [6, 6.07) is 11.5. The van der Waals surface area contributed by atoms with E-state index in [9.17, 15) is 0 Å². The van der Waals surface area contributed by atoms with Crippen LogP contribution in [0.5, 0.6) is 11.5 Å². The SMILES string of the molecule is Clc1cccc2[nH]c(-c3cccc4c3OCCO4)nc12. The number of H-pyrrole nitrogens is 1. The highest BCUT2D eigenvalue weighted by atomic mass is 35.5. The predicted molar refractivity (Wildman–Crippen MR) is 77.5 cm³/mol. The molecule has 0 aliphatic carbocycles. The van der Waals surface area contributed by atoms with E-state index in [0.29, 0.717) is 18.2 Å². The second-order valence-corrected chi connectivity index (χ2v) is 4.96. The van der Waals surface area contributed by atoms with E-state index in [2.05, 4.69) is 9.97 Å². The standard InChI is InChI=1S/C15H11ClN2O2/c16-10-4-2-5-11-13(10)18-15(17-11)9-3-1-6-12-14(9)20-8-7-19-12/h1-6H,7-8H2,(H,17,18). The number of halogens is 1. The number of ether oxygens (including phenoxy) is 2. The van der Waals surface area contributed by atoms with Gasteiger partial charge in [0.25, 0.3) is 0 Å². The van der Waals surface area contributed by atoms with Crippen LogP contribution in [-0.2, 0) is 0 Å². The van der Waals surface area contributed by atoms with Crippen molar-refractivity contribution in [3.05, 3.63) is 41.4 Å². The zero-order valence-electron chi connectivity index (χ0n) is 10.5. The summed E-state index contributed by atoms with van der Waals surface area (Å²) in [5.41, 5.74) is 2.55. The third-order valence-electron chi connectivity index (χ3n) is 3.28. The number of imidazole rings is 1. The van der Waals surface area contributed by atoms with Crippen molar-refractivity contribution in [2.75, 3.05) is 13.2 Å². The summed E-state index contributed by atoms with van der Waals surface area (Å²) in [6.45, 7) is 1.12. The molecule has 1 aliphatic heterocycles. The van der Waals surface area contributed by atoms with E-state index in [0.717, 1.165) is 33.9 Å². The van der Waals surface area contributed by atoms with E-state index in [1.807, 2.05) is 36.4 Å². The van der Waals surface area contributed by atoms with Crippen molar-refractivity contribution >= 4 is 22.6 Å². The fourth-order valence-electron chi connectivity index (χ4n) is 2.38. The molecule has 0 fully saturated rings. The Hall–Kier alpha value is -2.20. The van der Waals surface area contributed by atoms with E-state index in [1.165, 1.54) is 0 Å². The number of hydrogen-bond acceptors (Lipinski definition) is 3. The molecule has 100 valence electrons. The number of para-hydroxylation sites is 2. The van der Waals surface area contributed by atoms with Gasteiger partial charge in [0.05, 0.1) is 16.1 Å². The molecule has 2 heterocycles. The Morgan fingerprint density at radius 2 is 1.90 bits per heavy atom. The molecular weight excluding hydrogens is 276 g/mol. The Morgan fingerprint density at radius 3 is 2.80 bits per heavy atom. The molecule has 1 aliphatic rings. The maximum Gasteiger partial charge on any atom is 0.172 e. The van der Waals surface area contributed by atoms with Crippen LogP contribution in [0, 0.1) is 0 Å². The van der Waals surface area contributed by atoms with Crippen molar-refractivity contribution in [3.63, 3.8) is 0 Å². The van der Waals surface area contributed by atoms with Crippen molar-refractivity contribution in [1.82, 2.24) is 9.97 Å². The minimum atomic E-state index is 0.547. The fraction of sp³-hybridized carbons (Fsp3) is 0.133. The maximum absolute atomic E-state index is 6.16. The lowest BCUT2D eigenvalue weighted by molar-refractivity contribution is 0.172. The lowest BCUT2D eigenvalue weighted by Gasteiger charge is -2.20. The van der Waals surface area contributed by atoms with Crippen molar-refractivity contribution in [2.24, 2.45) is 0 Å². The molecule has 0 radical (unpaired) electrons. The average molecular weight is 287 g/mol. The number of hydrogen-bond donors (Lipinski definition) is 1. The average Bonchev–Trinajstić information content (AvgIpc) is 2.92. The Balaban J connectivity index is 1.93. The normalized spacial score (nSPS) is 13.7. The van der Waals surface area contributed by atoms with Crippen LogP contribution >= 0.6 is 11.6 Å². The molecule has 3 aromatic rings.